The number of nitriles is 10. The Morgan fingerprint density at radius 1 is 0.435 bits per heavy atom. The van der Waals surface area contributed by atoms with Crippen molar-refractivity contribution in [3.05, 3.63) is 97.9 Å². The summed E-state index contributed by atoms with van der Waals surface area (Å²) in [7, 11) is 0. The van der Waals surface area contributed by atoms with Crippen LogP contribution in [0.5, 0.6) is 0 Å². The molecule has 13 heteroatoms. The van der Waals surface area contributed by atoms with Gasteiger partial charge >= 0.3 is 0 Å². The first-order valence-corrected chi connectivity index (χ1v) is 12.5. The van der Waals surface area contributed by atoms with Gasteiger partial charge in [-0.3, -0.25) is 0 Å². The molecule has 3 aromatic rings. The molecule has 202 valence electrons. The number of hydrogen-bond acceptors (Lipinski definition) is 13. The highest BCUT2D eigenvalue weighted by Gasteiger charge is 2.38. The van der Waals surface area contributed by atoms with E-state index in [4.69, 9.17) is 0 Å². The maximum absolute atomic E-state index is 10.4. The molecule has 13 nitrogen and oxygen atoms in total. The lowest BCUT2D eigenvalue weighted by Gasteiger charge is -2.10. The van der Waals surface area contributed by atoms with Crippen LogP contribution < -0.4 is 0 Å². The van der Waals surface area contributed by atoms with Gasteiger partial charge in [0, 0.05) is 39.5 Å². The van der Waals surface area contributed by atoms with E-state index in [-0.39, 0.29) is 89.9 Å². The fourth-order valence-electron chi connectivity index (χ4n) is 5.17. The monoisotopic (exact) mass is 583 g/mol. The number of fused-ring (bicyclic) bond motifs is 2. The van der Waals surface area contributed by atoms with Gasteiger partial charge < -0.3 is 0 Å². The fourth-order valence-corrected chi connectivity index (χ4v) is 5.17. The Kier molecular flexibility index (Phi) is 7.08. The summed E-state index contributed by atoms with van der Waals surface area (Å²) in [6, 6.07) is 25.0. The number of pyridine rings is 1. The van der Waals surface area contributed by atoms with Crippen molar-refractivity contribution in [3.8, 4) is 60.7 Å². The van der Waals surface area contributed by atoms with Crippen LogP contribution in [0, 0.1) is 113 Å². The first-order valence-electron chi connectivity index (χ1n) is 12.5. The molecule has 0 saturated carbocycles. The van der Waals surface area contributed by atoms with Crippen LogP contribution in [-0.4, -0.2) is 15.0 Å². The van der Waals surface area contributed by atoms with Gasteiger partial charge in [0.05, 0.1) is 28.5 Å². The molecule has 2 heterocycles. The van der Waals surface area contributed by atoms with Gasteiger partial charge in [-0.05, 0) is 35.4 Å². The molecule has 1 aromatic carbocycles. The highest BCUT2D eigenvalue weighted by molar-refractivity contribution is 6.29. The van der Waals surface area contributed by atoms with Crippen molar-refractivity contribution in [2.24, 2.45) is 0 Å². The largest absolute Gasteiger partial charge is 0.237 e. The van der Waals surface area contributed by atoms with Crippen LogP contribution >= 0.6 is 0 Å². The molecule has 2 aromatic heterocycles. The zero-order valence-corrected chi connectivity index (χ0v) is 22.7. The van der Waals surface area contributed by atoms with Crippen molar-refractivity contribution < 1.29 is 0 Å². The summed E-state index contributed by atoms with van der Waals surface area (Å²) in [5.41, 5.74) is -1.63. The van der Waals surface area contributed by atoms with Gasteiger partial charge in [-0.2, -0.15) is 52.6 Å². The molecule has 46 heavy (non-hydrogen) atoms. The van der Waals surface area contributed by atoms with Crippen LogP contribution in [0.2, 0.25) is 0 Å². The minimum atomic E-state index is -0.473. The molecule has 0 unspecified atom stereocenters. The van der Waals surface area contributed by atoms with Crippen LogP contribution in [0.1, 0.15) is 56.4 Å². The Labute approximate surface area is 259 Å². The van der Waals surface area contributed by atoms with Crippen molar-refractivity contribution in [3.63, 3.8) is 0 Å². The third-order valence-corrected chi connectivity index (χ3v) is 6.91. The van der Waals surface area contributed by atoms with Gasteiger partial charge in [0.25, 0.3) is 0 Å². The van der Waals surface area contributed by atoms with E-state index < -0.39 is 11.1 Å². The van der Waals surface area contributed by atoms with Gasteiger partial charge in [-0.1, -0.05) is 0 Å². The molecule has 0 saturated heterocycles. The molecule has 0 bridgehead atoms. The molecule has 0 atom stereocenters. The molecular formula is C33H5N13. The average Bonchev–Trinajstić information content (AvgIpc) is 3.59. The summed E-state index contributed by atoms with van der Waals surface area (Å²) in [6.45, 7) is 0. The summed E-state index contributed by atoms with van der Waals surface area (Å²) in [6.07, 6.45) is 0. The standard InChI is InChI=1S/C33H5N13/c34-6-16-1-19(11-39)44-28(2-16)31-26(14-42)22-4-25-23(5-24(22)29(31)17(7-35)8-36)27(15-43)32(30(25)18(9-37)10-38)33-45-20(12-40)3-21(13-41)46-33/h1-5H. The van der Waals surface area contributed by atoms with Gasteiger partial charge in [-0.25, -0.2) is 15.0 Å². The minimum Gasteiger partial charge on any atom is -0.237 e. The number of nitrogens with zero attached hydrogens (tertiary/aromatic N) is 13. The second kappa shape index (κ2) is 11.3. The third-order valence-electron chi connectivity index (χ3n) is 6.91. The van der Waals surface area contributed by atoms with Crippen LogP contribution in [-0.2, 0) is 0 Å². The number of allylic oxidation sites excluding steroid dienone is 8. The van der Waals surface area contributed by atoms with Crippen LogP contribution in [0.3, 0.4) is 0 Å². The molecule has 2 aliphatic rings. The predicted octanol–water partition coefficient (Wildman–Crippen LogP) is 3.86. The Morgan fingerprint density at radius 3 is 1.33 bits per heavy atom. The van der Waals surface area contributed by atoms with Gasteiger partial charge in [0.2, 0.25) is 0 Å². The van der Waals surface area contributed by atoms with E-state index in [1.807, 2.05) is 24.3 Å². The highest BCUT2D eigenvalue weighted by Crippen LogP contribution is 2.53. The zero-order chi connectivity index (χ0) is 33.1. The van der Waals surface area contributed by atoms with Crippen molar-refractivity contribution in [2.45, 2.75) is 0 Å². The maximum atomic E-state index is 10.4. The van der Waals surface area contributed by atoms with E-state index in [2.05, 4.69) is 15.0 Å². The van der Waals surface area contributed by atoms with Crippen LogP contribution in [0.15, 0.2) is 41.5 Å². The van der Waals surface area contributed by atoms with E-state index in [1.165, 1.54) is 24.3 Å². The fraction of sp³-hybridized carbons (Fsp3) is 0. The first-order chi connectivity index (χ1) is 22.4. The van der Waals surface area contributed by atoms with Crippen LogP contribution in [0.25, 0.3) is 33.4 Å². The molecule has 0 radical (unpaired) electrons. The van der Waals surface area contributed by atoms with E-state index >= 15 is 0 Å². The third kappa shape index (κ3) is 4.21. The number of rotatable bonds is 2. The summed E-state index contributed by atoms with van der Waals surface area (Å²) >= 11 is 0. The molecule has 0 amide bonds. The summed E-state index contributed by atoms with van der Waals surface area (Å²) in [4.78, 5) is 12.5. The van der Waals surface area contributed by atoms with Gasteiger partial charge in [0.15, 0.2) is 5.82 Å². The van der Waals surface area contributed by atoms with Gasteiger partial charge in [0.1, 0.15) is 82.9 Å². The van der Waals surface area contributed by atoms with Crippen molar-refractivity contribution in [1.29, 1.82) is 52.6 Å². The van der Waals surface area contributed by atoms with Crippen molar-refractivity contribution >= 4 is 33.4 Å². The Morgan fingerprint density at radius 2 is 0.891 bits per heavy atom. The van der Waals surface area contributed by atoms with Gasteiger partial charge in [-0.15, -0.1) is 0 Å². The van der Waals surface area contributed by atoms with E-state index in [0.717, 1.165) is 6.07 Å². The van der Waals surface area contributed by atoms with Crippen LogP contribution in [0.4, 0.5) is 0 Å². The van der Waals surface area contributed by atoms with E-state index in [1.54, 1.807) is 36.4 Å². The molecule has 0 fully saturated rings. The van der Waals surface area contributed by atoms with Crippen molar-refractivity contribution in [2.75, 3.05) is 0 Å². The summed E-state index contributed by atoms with van der Waals surface area (Å²) in [5.74, 6) is -0.287. The molecular weight excluding hydrogens is 578 g/mol. The Bertz CT molecular complexity index is 2300. The normalized spacial score (nSPS) is 11.9. The SMILES string of the molecule is N#CC(C#N)=C1C(c2cc(C#N)cc(C#N)n2)=C(C#N)c2cc3c(cc21)C(C#N)=C(c1nc(C#N)cc(C#N)n1)C3=C(C#N)C#N. The quantitative estimate of drug-likeness (QED) is 0.388. The second-order valence-electron chi connectivity index (χ2n) is 9.15. The molecule has 0 aliphatic heterocycles. The first kappa shape index (κ1) is 28.8. The maximum Gasteiger partial charge on any atom is 0.164 e. The minimum absolute atomic E-state index is 0.0215. The molecule has 5 rings (SSSR count). The summed E-state index contributed by atoms with van der Waals surface area (Å²) < 4.78 is 0. The second-order valence-corrected chi connectivity index (χ2v) is 9.15. The Hall–Kier alpha value is -8.69. The number of aromatic nitrogens is 3. The highest BCUT2D eigenvalue weighted by atomic mass is 14.9. The zero-order valence-electron chi connectivity index (χ0n) is 22.7. The number of benzene rings is 1. The lowest BCUT2D eigenvalue weighted by atomic mass is 9.91. The molecule has 0 N–H and O–H groups in total. The lowest BCUT2D eigenvalue weighted by molar-refractivity contribution is 1.08. The number of hydrogen-bond donors (Lipinski definition) is 0. The van der Waals surface area contributed by atoms with E-state index in [9.17, 15) is 52.6 Å². The Balaban J connectivity index is 1.96. The van der Waals surface area contributed by atoms with E-state index in [0.29, 0.717) is 0 Å². The molecule has 2 aliphatic carbocycles. The lowest BCUT2D eigenvalue weighted by Crippen LogP contribution is -2.01. The topological polar surface area (TPSA) is 277 Å². The predicted molar refractivity (Wildman–Crippen MR) is 153 cm³/mol. The smallest absolute Gasteiger partial charge is 0.164 e. The average molecular weight is 583 g/mol. The summed E-state index contributed by atoms with van der Waals surface area (Å²) in [5, 5.41) is 98.5. The molecule has 0 spiro atoms. The van der Waals surface area contributed by atoms with Crippen molar-refractivity contribution in [1.82, 2.24) is 15.0 Å².